The van der Waals surface area contributed by atoms with E-state index in [1.165, 1.54) is 19.2 Å². The first-order chi connectivity index (χ1) is 15.6. The highest BCUT2D eigenvalue weighted by Gasteiger charge is 2.14. The lowest BCUT2D eigenvalue weighted by Crippen LogP contribution is -2.29. The predicted molar refractivity (Wildman–Crippen MR) is 126 cm³/mol. The summed E-state index contributed by atoms with van der Waals surface area (Å²) in [6.45, 7) is 4.45. The molecule has 7 heteroatoms. The summed E-state index contributed by atoms with van der Waals surface area (Å²) in [7, 11) is 1.64. The monoisotopic (exact) mass is 434 g/mol. The fourth-order valence-electron chi connectivity index (χ4n) is 4.09. The molecular formula is C25H30N4O3. The molecule has 3 aromatic rings. The van der Waals surface area contributed by atoms with Crippen molar-refractivity contribution in [1.29, 1.82) is 0 Å². The summed E-state index contributed by atoms with van der Waals surface area (Å²) in [4.78, 5) is 20.3. The number of fused-ring (bicyclic) bond motifs is 1. The Morgan fingerprint density at radius 3 is 2.75 bits per heavy atom. The number of carbonyl (C=O) groups is 1. The summed E-state index contributed by atoms with van der Waals surface area (Å²) in [6.07, 6.45) is 6.25. The zero-order chi connectivity index (χ0) is 22.3. The van der Waals surface area contributed by atoms with Gasteiger partial charge in [0.2, 0.25) is 0 Å². The van der Waals surface area contributed by atoms with Crippen LogP contribution in [0.5, 0.6) is 11.5 Å². The normalized spacial score (nSPS) is 16.0. The van der Waals surface area contributed by atoms with E-state index in [-0.39, 0.29) is 5.78 Å². The first kappa shape index (κ1) is 22.0. The van der Waals surface area contributed by atoms with Crippen molar-refractivity contribution in [2.24, 2.45) is 5.92 Å². The van der Waals surface area contributed by atoms with E-state index in [4.69, 9.17) is 9.47 Å². The van der Waals surface area contributed by atoms with Crippen LogP contribution in [0.4, 0.5) is 11.5 Å². The number of hydrogen-bond donors (Lipinski definition) is 2. The fourth-order valence-corrected chi connectivity index (χ4v) is 4.09. The van der Waals surface area contributed by atoms with E-state index in [9.17, 15) is 4.79 Å². The number of piperidine rings is 1. The molecule has 32 heavy (non-hydrogen) atoms. The van der Waals surface area contributed by atoms with Gasteiger partial charge in [0.15, 0.2) is 17.3 Å². The number of anilines is 2. The second-order valence-corrected chi connectivity index (χ2v) is 8.20. The molecule has 1 unspecified atom stereocenters. The fraction of sp³-hybridized carbons (Fsp3) is 0.400. The van der Waals surface area contributed by atoms with Gasteiger partial charge in [0.1, 0.15) is 12.1 Å². The molecule has 168 valence electrons. The van der Waals surface area contributed by atoms with Gasteiger partial charge in [-0.25, -0.2) is 9.97 Å². The number of hydrogen-bond acceptors (Lipinski definition) is 7. The Morgan fingerprint density at radius 1 is 1.19 bits per heavy atom. The number of ether oxygens (including phenoxy) is 2. The summed E-state index contributed by atoms with van der Waals surface area (Å²) in [6, 6.07) is 11.1. The molecule has 2 aromatic carbocycles. The third kappa shape index (κ3) is 5.34. The Kier molecular flexibility index (Phi) is 7.17. The molecule has 1 aliphatic heterocycles. The lowest BCUT2D eigenvalue weighted by atomic mass is 9.95. The quantitative estimate of drug-likeness (QED) is 0.371. The van der Waals surface area contributed by atoms with Gasteiger partial charge in [-0.3, -0.25) is 4.79 Å². The number of Topliss-reactive ketones (excluding diaryl/α,β-unsaturated/α-hetero) is 1. The maximum Gasteiger partial charge on any atom is 0.162 e. The molecule has 7 nitrogen and oxygen atoms in total. The van der Waals surface area contributed by atoms with Gasteiger partial charge in [-0.2, -0.15) is 0 Å². The highest BCUT2D eigenvalue weighted by Crippen LogP contribution is 2.35. The molecule has 0 radical (unpaired) electrons. The average molecular weight is 435 g/mol. The Morgan fingerprint density at radius 2 is 2.03 bits per heavy atom. The molecule has 0 amide bonds. The molecule has 1 aromatic heterocycles. The van der Waals surface area contributed by atoms with Gasteiger partial charge in [0, 0.05) is 22.7 Å². The molecule has 2 heterocycles. The Hall–Kier alpha value is -3.19. The number of rotatable bonds is 9. The van der Waals surface area contributed by atoms with Crippen molar-refractivity contribution in [1.82, 2.24) is 15.3 Å². The minimum absolute atomic E-state index is 0.0395. The summed E-state index contributed by atoms with van der Waals surface area (Å²) in [5.41, 5.74) is 2.28. The lowest BCUT2D eigenvalue weighted by Gasteiger charge is -2.22. The minimum Gasteiger partial charge on any atom is -0.493 e. The van der Waals surface area contributed by atoms with Gasteiger partial charge < -0.3 is 20.1 Å². The standard InChI is InChI=1S/C25H30N4O3/c1-17(30)19-7-9-20(10-8-19)29-25-21-13-24(23(31-2)14-22(21)27-16-28-25)32-12-4-6-18-5-3-11-26-15-18/h7-10,13-14,16,18,26H,3-6,11-12,15H2,1-2H3,(H,27,28,29). The molecule has 0 bridgehead atoms. The van der Waals surface area contributed by atoms with Crippen LogP contribution in [0.1, 0.15) is 43.0 Å². The SMILES string of the molecule is COc1cc2ncnc(Nc3ccc(C(C)=O)cc3)c2cc1OCCCC1CCCNC1. The molecule has 4 rings (SSSR count). The largest absolute Gasteiger partial charge is 0.493 e. The molecular weight excluding hydrogens is 404 g/mol. The maximum absolute atomic E-state index is 11.5. The highest BCUT2D eigenvalue weighted by molar-refractivity contribution is 5.95. The first-order valence-corrected chi connectivity index (χ1v) is 11.2. The van der Waals surface area contributed by atoms with Gasteiger partial charge >= 0.3 is 0 Å². The molecule has 1 saturated heterocycles. The molecule has 1 aliphatic rings. The Bertz CT molecular complexity index is 1060. The van der Waals surface area contributed by atoms with Crippen molar-refractivity contribution in [2.75, 3.05) is 32.1 Å². The van der Waals surface area contributed by atoms with Crippen molar-refractivity contribution < 1.29 is 14.3 Å². The predicted octanol–water partition coefficient (Wildman–Crippen LogP) is 4.74. The third-order valence-electron chi connectivity index (χ3n) is 5.89. The zero-order valence-corrected chi connectivity index (χ0v) is 18.7. The number of ketones is 1. The average Bonchev–Trinajstić information content (AvgIpc) is 2.82. The van der Waals surface area contributed by atoms with Crippen LogP contribution in [0.2, 0.25) is 0 Å². The van der Waals surface area contributed by atoms with E-state index >= 15 is 0 Å². The molecule has 0 aliphatic carbocycles. The van der Waals surface area contributed by atoms with E-state index < -0.39 is 0 Å². The van der Waals surface area contributed by atoms with Crippen molar-refractivity contribution in [2.45, 2.75) is 32.6 Å². The van der Waals surface area contributed by atoms with Crippen LogP contribution in [0, 0.1) is 5.92 Å². The van der Waals surface area contributed by atoms with Crippen molar-refractivity contribution in [3.8, 4) is 11.5 Å². The number of benzene rings is 2. The van der Waals surface area contributed by atoms with Crippen molar-refractivity contribution >= 4 is 28.2 Å². The zero-order valence-electron chi connectivity index (χ0n) is 18.7. The van der Waals surface area contributed by atoms with Gasteiger partial charge in [0.25, 0.3) is 0 Å². The van der Waals surface area contributed by atoms with Crippen LogP contribution in [0.15, 0.2) is 42.7 Å². The summed E-state index contributed by atoms with van der Waals surface area (Å²) < 4.78 is 11.7. The molecule has 0 spiro atoms. The molecule has 2 N–H and O–H groups in total. The second kappa shape index (κ2) is 10.4. The highest BCUT2D eigenvalue weighted by atomic mass is 16.5. The number of carbonyl (C=O) groups excluding carboxylic acids is 1. The van der Waals surface area contributed by atoms with Crippen LogP contribution in [0.3, 0.4) is 0 Å². The van der Waals surface area contributed by atoms with Gasteiger partial charge in [-0.05, 0) is 81.9 Å². The number of nitrogens with one attached hydrogen (secondary N) is 2. The summed E-state index contributed by atoms with van der Waals surface area (Å²) in [5, 5.41) is 7.63. The van der Waals surface area contributed by atoms with Gasteiger partial charge in [-0.15, -0.1) is 0 Å². The van der Waals surface area contributed by atoms with Crippen LogP contribution >= 0.6 is 0 Å². The van der Waals surface area contributed by atoms with E-state index in [0.717, 1.165) is 48.4 Å². The molecule has 1 atom stereocenters. The van der Waals surface area contributed by atoms with Gasteiger partial charge in [-0.1, -0.05) is 0 Å². The van der Waals surface area contributed by atoms with Crippen LogP contribution < -0.4 is 20.1 Å². The van der Waals surface area contributed by atoms with E-state index in [1.807, 2.05) is 24.3 Å². The third-order valence-corrected chi connectivity index (χ3v) is 5.89. The first-order valence-electron chi connectivity index (χ1n) is 11.2. The van der Waals surface area contributed by atoms with Crippen LogP contribution in [-0.4, -0.2) is 42.6 Å². The van der Waals surface area contributed by atoms with E-state index in [0.29, 0.717) is 29.5 Å². The lowest BCUT2D eigenvalue weighted by molar-refractivity contribution is 0.101. The summed E-state index contributed by atoms with van der Waals surface area (Å²) >= 11 is 0. The second-order valence-electron chi connectivity index (χ2n) is 8.20. The Balaban J connectivity index is 1.49. The van der Waals surface area contributed by atoms with E-state index in [1.54, 1.807) is 26.2 Å². The number of nitrogens with zero attached hydrogens (tertiary/aromatic N) is 2. The summed E-state index contributed by atoms with van der Waals surface area (Å²) in [5.74, 6) is 2.80. The Labute approximate surface area is 188 Å². The minimum atomic E-state index is 0.0395. The van der Waals surface area contributed by atoms with Gasteiger partial charge in [0.05, 0.1) is 19.2 Å². The van der Waals surface area contributed by atoms with E-state index in [2.05, 4.69) is 20.6 Å². The van der Waals surface area contributed by atoms with Crippen LogP contribution in [0.25, 0.3) is 10.9 Å². The molecule has 1 fully saturated rings. The number of methoxy groups -OCH3 is 1. The maximum atomic E-state index is 11.5. The topological polar surface area (TPSA) is 85.4 Å². The smallest absolute Gasteiger partial charge is 0.162 e. The van der Waals surface area contributed by atoms with Crippen molar-refractivity contribution in [3.63, 3.8) is 0 Å². The molecule has 0 saturated carbocycles. The van der Waals surface area contributed by atoms with Crippen molar-refractivity contribution in [3.05, 3.63) is 48.3 Å². The number of aromatic nitrogens is 2. The van der Waals surface area contributed by atoms with Crippen LogP contribution in [-0.2, 0) is 0 Å².